The van der Waals surface area contributed by atoms with E-state index in [9.17, 15) is 0 Å². The predicted octanol–water partition coefficient (Wildman–Crippen LogP) is 2.64. The lowest BCUT2D eigenvalue weighted by Gasteiger charge is -2.40. The predicted molar refractivity (Wildman–Crippen MR) is 71.1 cm³/mol. The first-order valence-electron chi connectivity index (χ1n) is 6.86. The molecular weight excluding hydrogens is 210 g/mol. The first kappa shape index (κ1) is 12.6. The van der Waals surface area contributed by atoms with Crippen LogP contribution in [0.2, 0.25) is 0 Å². The average molecular weight is 235 g/mol. The van der Waals surface area contributed by atoms with Crippen molar-refractivity contribution in [2.45, 2.75) is 52.1 Å². The van der Waals surface area contributed by atoms with Crippen molar-refractivity contribution in [3.8, 4) is 0 Å². The summed E-state index contributed by atoms with van der Waals surface area (Å²) in [6.07, 6.45) is 7.70. The molecule has 1 aliphatic rings. The number of hydrogen-bond donors (Lipinski definition) is 1. The molecule has 0 saturated heterocycles. The summed E-state index contributed by atoms with van der Waals surface area (Å²) in [5, 5.41) is 3.51. The number of nitrogens with one attached hydrogen (secondary N) is 1. The highest BCUT2D eigenvalue weighted by molar-refractivity contribution is 5.01. The second kappa shape index (κ2) is 5.21. The van der Waals surface area contributed by atoms with E-state index in [-0.39, 0.29) is 0 Å². The van der Waals surface area contributed by atoms with Gasteiger partial charge in [0.25, 0.3) is 0 Å². The fourth-order valence-electron chi connectivity index (χ4n) is 3.49. The van der Waals surface area contributed by atoms with Crippen LogP contribution in [-0.2, 0) is 6.42 Å². The Labute approximate surface area is 105 Å². The van der Waals surface area contributed by atoms with Gasteiger partial charge in [-0.05, 0) is 31.7 Å². The fraction of sp³-hybridized carbons (Fsp3) is 0.786. The molecule has 1 heterocycles. The zero-order valence-corrected chi connectivity index (χ0v) is 11.5. The second-order valence-electron chi connectivity index (χ2n) is 5.54. The number of rotatable bonds is 3. The van der Waals surface area contributed by atoms with Crippen LogP contribution >= 0.6 is 0 Å². The van der Waals surface area contributed by atoms with Crippen molar-refractivity contribution in [1.29, 1.82) is 0 Å². The van der Waals surface area contributed by atoms with Gasteiger partial charge < -0.3 is 9.88 Å². The molecule has 1 fully saturated rings. The van der Waals surface area contributed by atoms with E-state index in [0.717, 1.165) is 18.3 Å². The van der Waals surface area contributed by atoms with Crippen LogP contribution in [0.25, 0.3) is 0 Å². The maximum absolute atomic E-state index is 4.47. The molecular formula is C14H25N3. The van der Waals surface area contributed by atoms with Gasteiger partial charge in [0.05, 0.1) is 6.04 Å². The van der Waals surface area contributed by atoms with Crippen LogP contribution in [0.1, 0.15) is 45.5 Å². The van der Waals surface area contributed by atoms with E-state index >= 15 is 0 Å². The first-order chi connectivity index (χ1) is 8.17. The normalized spacial score (nSPS) is 33.9. The lowest BCUT2D eigenvalue weighted by atomic mass is 9.76. The van der Waals surface area contributed by atoms with Crippen molar-refractivity contribution < 1.29 is 0 Å². The van der Waals surface area contributed by atoms with Crippen LogP contribution < -0.4 is 5.32 Å². The molecule has 96 valence electrons. The lowest BCUT2D eigenvalue weighted by molar-refractivity contribution is 0.156. The van der Waals surface area contributed by atoms with E-state index in [2.05, 4.69) is 48.9 Å². The molecule has 4 unspecified atom stereocenters. The van der Waals surface area contributed by atoms with Gasteiger partial charge in [-0.2, -0.15) is 0 Å². The molecule has 2 rings (SSSR count). The number of aromatic nitrogens is 2. The van der Waals surface area contributed by atoms with Gasteiger partial charge in [-0.25, -0.2) is 4.98 Å². The summed E-state index contributed by atoms with van der Waals surface area (Å²) < 4.78 is 2.40. The molecule has 4 atom stereocenters. The van der Waals surface area contributed by atoms with Crippen LogP contribution in [0.3, 0.4) is 0 Å². The van der Waals surface area contributed by atoms with Crippen LogP contribution in [0, 0.1) is 11.8 Å². The van der Waals surface area contributed by atoms with E-state index < -0.39 is 0 Å². The molecule has 0 radical (unpaired) electrons. The van der Waals surface area contributed by atoms with Gasteiger partial charge in [0.1, 0.15) is 5.82 Å². The molecule has 0 amide bonds. The molecule has 3 heteroatoms. The van der Waals surface area contributed by atoms with Gasteiger partial charge in [0, 0.05) is 24.9 Å². The molecule has 1 aliphatic carbocycles. The Kier molecular flexibility index (Phi) is 3.87. The van der Waals surface area contributed by atoms with Crippen molar-refractivity contribution in [1.82, 2.24) is 14.9 Å². The Morgan fingerprint density at radius 1 is 1.41 bits per heavy atom. The van der Waals surface area contributed by atoms with Gasteiger partial charge >= 0.3 is 0 Å². The van der Waals surface area contributed by atoms with Crippen molar-refractivity contribution >= 4 is 0 Å². The first-order valence-corrected chi connectivity index (χ1v) is 6.86. The molecule has 0 aliphatic heterocycles. The molecule has 1 saturated carbocycles. The van der Waals surface area contributed by atoms with Gasteiger partial charge in [-0.1, -0.05) is 20.8 Å². The molecule has 0 bridgehead atoms. The lowest BCUT2D eigenvalue weighted by Crippen LogP contribution is -2.44. The standard InChI is InChI=1S/C14H25N3/c1-5-13-16-6-7-17(13)14-11(3)8-10(2)9-12(14)15-4/h6-7,10-12,14-15H,5,8-9H2,1-4H3. The Morgan fingerprint density at radius 3 is 2.82 bits per heavy atom. The fourth-order valence-corrected chi connectivity index (χ4v) is 3.49. The number of likely N-dealkylation sites (N-methyl/N-ethyl adjacent to an activating group) is 1. The third-order valence-corrected chi connectivity index (χ3v) is 4.18. The Hall–Kier alpha value is -0.830. The SMILES string of the molecule is CCc1nccn1C1C(C)CC(C)CC1NC. The minimum atomic E-state index is 0.564. The van der Waals surface area contributed by atoms with Crippen LogP contribution in [0.4, 0.5) is 0 Å². The highest BCUT2D eigenvalue weighted by Gasteiger charge is 2.34. The van der Waals surface area contributed by atoms with E-state index in [4.69, 9.17) is 0 Å². The monoisotopic (exact) mass is 235 g/mol. The van der Waals surface area contributed by atoms with Gasteiger partial charge in [0.2, 0.25) is 0 Å². The summed E-state index contributed by atoms with van der Waals surface area (Å²) >= 11 is 0. The van der Waals surface area contributed by atoms with Crippen molar-refractivity contribution in [2.75, 3.05) is 7.05 Å². The Balaban J connectivity index is 2.28. The van der Waals surface area contributed by atoms with Crippen LogP contribution in [0.15, 0.2) is 12.4 Å². The molecule has 1 aromatic heterocycles. The summed E-state index contributed by atoms with van der Waals surface area (Å²) in [4.78, 5) is 4.47. The van der Waals surface area contributed by atoms with E-state index in [1.165, 1.54) is 18.7 Å². The van der Waals surface area contributed by atoms with Crippen molar-refractivity contribution in [3.05, 3.63) is 18.2 Å². The van der Waals surface area contributed by atoms with E-state index in [1.54, 1.807) is 0 Å². The van der Waals surface area contributed by atoms with Crippen LogP contribution in [0.5, 0.6) is 0 Å². The highest BCUT2D eigenvalue weighted by Crippen LogP contribution is 2.37. The Bertz CT molecular complexity index is 358. The smallest absolute Gasteiger partial charge is 0.108 e. The maximum Gasteiger partial charge on any atom is 0.108 e. The van der Waals surface area contributed by atoms with Gasteiger partial charge in [-0.3, -0.25) is 0 Å². The topological polar surface area (TPSA) is 29.9 Å². The summed E-state index contributed by atoms with van der Waals surface area (Å²) in [7, 11) is 2.09. The quantitative estimate of drug-likeness (QED) is 0.873. The van der Waals surface area contributed by atoms with E-state index in [1.807, 2.05) is 6.20 Å². The molecule has 1 N–H and O–H groups in total. The minimum absolute atomic E-state index is 0.564. The van der Waals surface area contributed by atoms with Crippen LogP contribution in [-0.4, -0.2) is 22.6 Å². The summed E-state index contributed by atoms with van der Waals surface area (Å²) in [6.45, 7) is 6.93. The summed E-state index contributed by atoms with van der Waals surface area (Å²) in [6, 6.07) is 1.14. The van der Waals surface area contributed by atoms with Gasteiger partial charge in [-0.15, -0.1) is 0 Å². The summed E-state index contributed by atoms with van der Waals surface area (Å²) in [5.41, 5.74) is 0. The maximum atomic E-state index is 4.47. The molecule has 1 aromatic rings. The average Bonchev–Trinajstić information content (AvgIpc) is 2.75. The molecule has 0 aromatic carbocycles. The molecule has 0 spiro atoms. The number of hydrogen-bond acceptors (Lipinski definition) is 2. The summed E-state index contributed by atoms with van der Waals surface area (Å²) in [5.74, 6) is 2.76. The minimum Gasteiger partial charge on any atom is -0.330 e. The third kappa shape index (κ3) is 2.39. The zero-order chi connectivity index (χ0) is 12.4. The third-order valence-electron chi connectivity index (χ3n) is 4.18. The molecule has 3 nitrogen and oxygen atoms in total. The van der Waals surface area contributed by atoms with Crippen molar-refractivity contribution in [3.63, 3.8) is 0 Å². The molecule has 17 heavy (non-hydrogen) atoms. The number of imidazole rings is 1. The second-order valence-corrected chi connectivity index (χ2v) is 5.54. The van der Waals surface area contributed by atoms with Crippen molar-refractivity contribution in [2.24, 2.45) is 11.8 Å². The largest absolute Gasteiger partial charge is 0.330 e. The zero-order valence-electron chi connectivity index (χ0n) is 11.5. The number of nitrogens with zero attached hydrogens (tertiary/aromatic N) is 2. The number of aryl methyl sites for hydroxylation is 1. The van der Waals surface area contributed by atoms with E-state index in [0.29, 0.717) is 12.1 Å². The van der Waals surface area contributed by atoms with Gasteiger partial charge in [0.15, 0.2) is 0 Å². The Morgan fingerprint density at radius 2 is 2.18 bits per heavy atom. The highest BCUT2D eigenvalue weighted by atomic mass is 15.1.